The van der Waals surface area contributed by atoms with E-state index in [4.69, 9.17) is 4.74 Å². The number of amides is 1. The standard InChI is InChI=1S/C13H17NO4/c1-13(2,3)14-11(15)18-12(16)17-9-10-7-5-4-6-8-10/h4-8H,9H2,1-3H3,(H,14,15). The maximum Gasteiger partial charge on any atom is 0.517 e. The number of alkyl carbamates (subject to hydrolysis) is 1. The van der Waals surface area contributed by atoms with E-state index in [1.54, 1.807) is 20.8 Å². The average Bonchev–Trinajstić information content (AvgIpc) is 2.25. The molecule has 0 heterocycles. The molecule has 0 spiro atoms. The van der Waals surface area contributed by atoms with Crippen LogP contribution in [0.2, 0.25) is 0 Å². The lowest BCUT2D eigenvalue weighted by Gasteiger charge is -2.19. The first-order valence-corrected chi connectivity index (χ1v) is 5.57. The minimum absolute atomic E-state index is 0.0719. The first-order valence-electron chi connectivity index (χ1n) is 5.57. The Morgan fingerprint density at radius 2 is 1.78 bits per heavy atom. The first kappa shape index (κ1) is 14.0. The highest BCUT2D eigenvalue weighted by Crippen LogP contribution is 2.03. The Balaban J connectivity index is 2.32. The van der Waals surface area contributed by atoms with Crippen LogP contribution in [0.5, 0.6) is 0 Å². The molecule has 0 radical (unpaired) electrons. The molecule has 0 atom stereocenters. The van der Waals surface area contributed by atoms with Gasteiger partial charge >= 0.3 is 12.2 Å². The van der Waals surface area contributed by atoms with Crippen molar-refractivity contribution < 1.29 is 19.1 Å². The summed E-state index contributed by atoms with van der Waals surface area (Å²) in [5.41, 5.74) is 0.363. The third kappa shape index (κ3) is 5.89. The molecule has 0 unspecified atom stereocenters. The molecule has 0 saturated carbocycles. The van der Waals surface area contributed by atoms with Gasteiger partial charge in [-0.25, -0.2) is 9.59 Å². The molecule has 5 nitrogen and oxygen atoms in total. The summed E-state index contributed by atoms with van der Waals surface area (Å²) in [6.07, 6.45) is -1.83. The summed E-state index contributed by atoms with van der Waals surface area (Å²) >= 11 is 0. The molecule has 1 N–H and O–H groups in total. The van der Waals surface area contributed by atoms with Gasteiger partial charge in [-0.1, -0.05) is 30.3 Å². The molecular weight excluding hydrogens is 234 g/mol. The van der Waals surface area contributed by atoms with Crippen LogP contribution in [-0.4, -0.2) is 17.8 Å². The highest BCUT2D eigenvalue weighted by Gasteiger charge is 2.18. The van der Waals surface area contributed by atoms with Gasteiger partial charge in [0, 0.05) is 5.54 Å². The van der Waals surface area contributed by atoms with E-state index in [1.165, 1.54) is 0 Å². The van der Waals surface area contributed by atoms with Crippen molar-refractivity contribution in [1.82, 2.24) is 5.32 Å². The summed E-state index contributed by atoms with van der Waals surface area (Å²) in [7, 11) is 0. The van der Waals surface area contributed by atoms with E-state index >= 15 is 0 Å². The third-order valence-electron chi connectivity index (χ3n) is 1.85. The molecule has 1 amide bonds. The molecule has 0 aliphatic carbocycles. The molecular formula is C13H17NO4. The van der Waals surface area contributed by atoms with E-state index in [0.717, 1.165) is 5.56 Å². The number of carbonyl (C=O) groups is 2. The topological polar surface area (TPSA) is 64.6 Å². The number of carbonyl (C=O) groups excluding carboxylic acids is 2. The fraction of sp³-hybridized carbons (Fsp3) is 0.385. The van der Waals surface area contributed by atoms with Gasteiger partial charge in [-0.2, -0.15) is 0 Å². The van der Waals surface area contributed by atoms with Gasteiger partial charge in [-0.3, -0.25) is 0 Å². The van der Waals surface area contributed by atoms with Crippen molar-refractivity contribution >= 4 is 12.2 Å². The number of hydrogen-bond acceptors (Lipinski definition) is 4. The molecule has 0 aliphatic heterocycles. The van der Waals surface area contributed by atoms with Gasteiger partial charge in [0.05, 0.1) is 0 Å². The van der Waals surface area contributed by atoms with Crippen molar-refractivity contribution in [3.05, 3.63) is 35.9 Å². The summed E-state index contributed by atoms with van der Waals surface area (Å²) in [6, 6.07) is 9.14. The second kappa shape index (κ2) is 6.05. The van der Waals surface area contributed by atoms with Gasteiger partial charge in [-0.15, -0.1) is 0 Å². The largest absolute Gasteiger partial charge is 0.517 e. The Labute approximate surface area is 106 Å². The number of benzene rings is 1. The summed E-state index contributed by atoms with van der Waals surface area (Å²) in [6.45, 7) is 5.42. The van der Waals surface area contributed by atoms with Crippen LogP contribution in [0.4, 0.5) is 9.59 Å². The summed E-state index contributed by atoms with van der Waals surface area (Å²) in [5, 5.41) is 2.49. The van der Waals surface area contributed by atoms with E-state index in [9.17, 15) is 9.59 Å². The molecule has 98 valence electrons. The van der Waals surface area contributed by atoms with Crippen molar-refractivity contribution in [2.45, 2.75) is 32.9 Å². The highest BCUT2D eigenvalue weighted by atomic mass is 16.7. The van der Waals surface area contributed by atoms with Crippen molar-refractivity contribution in [2.24, 2.45) is 0 Å². The van der Waals surface area contributed by atoms with Crippen molar-refractivity contribution in [1.29, 1.82) is 0 Å². The van der Waals surface area contributed by atoms with Crippen LogP contribution in [0, 0.1) is 0 Å². The maximum atomic E-state index is 11.2. The molecule has 5 heteroatoms. The molecule has 1 aromatic carbocycles. The molecule has 0 bridgehead atoms. The molecule has 0 aliphatic rings. The van der Waals surface area contributed by atoms with Gasteiger partial charge in [0.25, 0.3) is 0 Å². The molecule has 0 saturated heterocycles. The third-order valence-corrected chi connectivity index (χ3v) is 1.85. The average molecular weight is 251 g/mol. The van der Waals surface area contributed by atoms with Crippen LogP contribution in [0.1, 0.15) is 26.3 Å². The van der Waals surface area contributed by atoms with E-state index in [1.807, 2.05) is 30.3 Å². The van der Waals surface area contributed by atoms with Gasteiger partial charge in [-0.05, 0) is 26.3 Å². The maximum absolute atomic E-state index is 11.2. The van der Waals surface area contributed by atoms with E-state index in [2.05, 4.69) is 10.1 Å². The zero-order valence-corrected chi connectivity index (χ0v) is 10.7. The predicted molar refractivity (Wildman–Crippen MR) is 66.0 cm³/mol. The summed E-state index contributed by atoms with van der Waals surface area (Å²) < 4.78 is 9.23. The Morgan fingerprint density at radius 3 is 2.33 bits per heavy atom. The Bertz CT molecular complexity index is 409. The van der Waals surface area contributed by atoms with Gasteiger partial charge < -0.3 is 14.8 Å². The molecule has 18 heavy (non-hydrogen) atoms. The number of rotatable bonds is 2. The van der Waals surface area contributed by atoms with E-state index < -0.39 is 17.8 Å². The van der Waals surface area contributed by atoms with Crippen molar-refractivity contribution in [3.63, 3.8) is 0 Å². The van der Waals surface area contributed by atoms with Crippen molar-refractivity contribution in [2.75, 3.05) is 0 Å². The lowest BCUT2D eigenvalue weighted by Crippen LogP contribution is -2.41. The Kier molecular flexibility index (Phi) is 4.71. The van der Waals surface area contributed by atoms with Crippen LogP contribution >= 0.6 is 0 Å². The second-order valence-electron chi connectivity index (χ2n) is 4.79. The normalized spacial score (nSPS) is 10.6. The molecule has 1 rings (SSSR count). The molecule has 0 aromatic heterocycles. The summed E-state index contributed by atoms with van der Waals surface area (Å²) in [4.78, 5) is 22.5. The SMILES string of the molecule is CC(C)(C)NC(=O)OC(=O)OCc1ccccc1. The fourth-order valence-corrected chi connectivity index (χ4v) is 1.15. The zero-order valence-electron chi connectivity index (χ0n) is 10.7. The summed E-state index contributed by atoms with van der Waals surface area (Å²) in [5.74, 6) is 0. The van der Waals surface area contributed by atoms with Crippen molar-refractivity contribution in [3.8, 4) is 0 Å². The van der Waals surface area contributed by atoms with Crippen LogP contribution in [0.3, 0.4) is 0 Å². The van der Waals surface area contributed by atoms with Crippen LogP contribution < -0.4 is 5.32 Å². The lowest BCUT2D eigenvalue weighted by molar-refractivity contribution is 0.0677. The van der Waals surface area contributed by atoms with Crippen LogP contribution in [-0.2, 0) is 16.1 Å². The van der Waals surface area contributed by atoms with Gasteiger partial charge in [0.2, 0.25) is 0 Å². The molecule has 1 aromatic rings. The Morgan fingerprint density at radius 1 is 1.17 bits per heavy atom. The van der Waals surface area contributed by atoms with E-state index in [0.29, 0.717) is 0 Å². The second-order valence-corrected chi connectivity index (χ2v) is 4.79. The van der Waals surface area contributed by atoms with Gasteiger partial charge in [0.1, 0.15) is 6.61 Å². The van der Waals surface area contributed by atoms with Gasteiger partial charge in [0.15, 0.2) is 0 Å². The Hall–Kier alpha value is -2.04. The molecule has 0 fully saturated rings. The number of ether oxygens (including phenoxy) is 2. The number of nitrogens with one attached hydrogen (secondary N) is 1. The predicted octanol–water partition coefficient (Wildman–Crippen LogP) is 2.85. The first-order chi connectivity index (χ1) is 8.37. The highest BCUT2D eigenvalue weighted by molar-refractivity contribution is 5.80. The lowest BCUT2D eigenvalue weighted by atomic mass is 10.1. The minimum atomic E-state index is -1.01. The minimum Gasteiger partial charge on any atom is -0.429 e. The van der Waals surface area contributed by atoms with Crippen LogP contribution in [0.15, 0.2) is 30.3 Å². The monoisotopic (exact) mass is 251 g/mol. The zero-order chi connectivity index (χ0) is 13.6. The fourth-order valence-electron chi connectivity index (χ4n) is 1.15. The van der Waals surface area contributed by atoms with Crippen LogP contribution in [0.25, 0.3) is 0 Å². The quantitative estimate of drug-likeness (QED) is 0.648. The van der Waals surface area contributed by atoms with E-state index in [-0.39, 0.29) is 6.61 Å². The smallest absolute Gasteiger partial charge is 0.429 e. The number of hydrogen-bond donors (Lipinski definition) is 1.